The van der Waals surface area contributed by atoms with Gasteiger partial charge in [-0.2, -0.15) is 0 Å². The first-order valence-corrected chi connectivity index (χ1v) is 9.47. The summed E-state index contributed by atoms with van der Waals surface area (Å²) < 4.78 is 0. The maximum Gasteiger partial charge on any atom is 0.336 e. The van der Waals surface area contributed by atoms with Gasteiger partial charge in [-0.25, -0.2) is 4.79 Å². The fourth-order valence-corrected chi connectivity index (χ4v) is 4.38. The fraction of sp³-hybridized carbons (Fsp3) is 0.500. The van der Waals surface area contributed by atoms with Crippen molar-refractivity contribution in [2.75, 3.05) is 31.1 Å². The molecule has 4 rings (SSSR count). The van der Waals surface area contributed by atoms with Crippen LogP contribution in [0.2, 0.25) is 0 Å². The minimum Gasteiger partial charge on any atom is -0.506 e. The smallest absolute Gasteiger partial charge is 0.336 e. The van der Waals surface area contributed by atoms with Crippen molar-refractivity contribution in [3.8, 4) is 5.75 Å². The predicted molar refractivity (Wildman–Crippen MR) is 101 cm³/mol. The number of aromatic carboxylic acids is 1. The highest BCUT2D eigenvalue weighted by Gasteiger charge is 2.25. The van der Waals surface area contributed by atoms with Crippen LogP contribution < -0.4 is 4.90 Å². The van der Waals surface area contributed by atoms with Crippen LogP contribution in [-0.2, 0) is 0 Å². The second kappa shape index (κ2) is 7.11. The number of phenols is 1. The van der Waals surface area contributed by atoms with E-state index >= 15 is 0 Å². The van der Waals surface area contributed by atoms with Crippen molar-refractivity contribution in [1.82, 2.24) is 9.88 Å². The molecule has 6 nitrogen and oxygen atoms in total. The van der Waals surface area contributed by atoms with Gasteiger partial charge < -0.3 is 15.1 Å². The molecule has 1 aromatic heterocycles. The zero-order chi connectivity index (χ0) is 18.1. The molecule has 0 amide bonds. The summed E-state index contributed by atoms with van der Waals surface area (Å²) in [4.78, 5) is 20.8. The molecule has 2 N–H and O–H groups in total. The molecular formula is C20H25N3O3. The average molecular weight is 355 g/mol. The first-order valence-electron chi connectivity index (χ1n) is 9.47. The molecule has 0 unspecified atom stereocenters. The Morgan fingerprint density at radius 1 is 1.08 bits per heavy atom. The number of carboxylic acids is 1. The minimum atomic E-state index is -1.00. The lowest BCUT2D eigenvalue weighted by molar-refractivity contribution is 0.0699. The van der Waals surface area contributed by atoms with Crippen molar-refractivity contribution < 1.29 is 15.0 Å². The average Bonchev–Trinajstić information content (AvgIpc) is 3.06. The van der Waals surface area contributed by atoms with Crippen LogP contribution in [0.15, 0.2) is 24.4 Å². The lowest BCUT2D eigenvalue weighted by atomic mass is 10.1. The van der Waals surface area contributed by atoms with Crippen LogP contribution in [0.4, 0.5) is 5.69 Å². The van der Waals surface area contributed by atoms with Gasteiger partial charge in [0.2, 0.25) is 0 Å². The molecule has 138 valence electrons. The van der Waals surface area contributed by atoms with Crippen LogP contribution >= 0.6 is 0 Å². The summed E-state index contributed by atoms with van der Waals surface area (Å²) in [5, 5.41) is 19.9. The minimum absolute atomic E-state index is 0.0137. The summed E-state index contributed by atoms with van der Waals surface area (Å²) in [6, 6.07) is 5.43. The van der Waals surface area contributed by atoms with Crippen molar-refractivity contribution in [2.45, 2.75) is 38.1 Å². The Kier molecular flexibility index (Phi) is 4.68. The number of rotatable bonds is 3. The third-order valence-electron chi connectivity index (χ3n) is 5.78. The summed E-state index contributed by atoms with van der Waals surface area (Å²) in [5.41, 5.74) is 1.45. The highest BCUT2D eigenvalue weighted by atomic mass is 16.4. The van der Waals surface area contributed by atoms with Crippen molar-refractivity contribution in [3.63, 3.8) is 0 Å². The number of benzene rings is 1. The third kappa shape index (κ3) is 3.21. The summed E-state index contributed by atoms with van der Waals surface area (Å²) in [5.74, 6) is -0.989. The van der Waals surface area contributed by atoms with Gasteiger partial charge in [0, 0.05) is 37.6 Å². The summed E-state index contributed by atoms with van der Waals surface area (Å²) in [7, 11) is 0. The molecule has 0 radical (unpaired) electrons. The molecule has 0 spiro atoms. The van der Waals surface area contributed by atoms with Gasteiger partial charge in [0.15, 0.2) is 0 Å². The number of phenolic OH excluding ortho intramolecular Hbond substituents is 1. The Morgan fingerprint density at radius 3 is 2.65 bits per heavy atom. The molecule has 2 aliphatic rings. The van der Waals surface area contributed by atoms with E-state index in [-0.39, 0.29) is 11.3 Å². The Bertz CT molecular complexity index is 817. The van der Waals surface area contributed by atoms with Gasteiger partial charge >= 0.3 is 5.97 Å². The topological polar surface area (TPSA) is 76.9 Å². The van der Waals surface area contributed by atoms with Crippen LogP contribution in [0, 0.1) is 0 Å². The largest absolute Gasteiger partial charge is 0.506 e. The lowest BCUT2D eigenvalue weighted by Gasteiger charge is -2.27. The number of pyridine rings is 1. The van der Waals surface area contributed by atoms with Gasteiger partial charge in [0.1, 0.15) is 11.3 Å². The molecule has 0 atom stereocenters. The summed E-state index contributed by atoms with van der Waals surface area (Å²) >= 11 is 0. The van der Waals surface area contributed by atoms with Gasteiger partial charge in [-0.1, -0.05) is 12.8 Å². The third-order valence-corrected chi connectivity index (χ3v) is 5.78. The van der Waals surface area contributed by atoms with Crippen LogP contribution in [0.3, 0.4) is 0 Å². The molecule has 2 fully saturated rings. The van der Waals surface area contributed by atoms with Crippen LogP contribution in [0.25, 0.3) is 10.9 Å². The maximum atomic E-state index is 11.5. The zero-order valence-corrected chi connectivity index (χ0v) is 14.9. The molecule has 2 heterocycles. The van der Waals surface area contributed by atoms with E-state index in [1.54, 1.807) is 6.20 Å². The van der Waals surface area contributed by atoms with Gasteiger partial charge in [0.25, 0.3) is 0 Å². The first kappa shape index (κ1) is 17.1. The molecule has 1 aliphatic carbocycles. The van der Waals surface area contributed by atoms with Gasteiger partial charge in [0.05, 0.1) is 17.4 Å². The van der Waals surface area contributed by atoms with E-state index < -0.39 is 5.97 Å². The number of hydrogen-bond donors (Lipinski definition) is 2. The SMILES string of the molecule is O=C(O)c1ccc(O)c2ncc(N3CCCN(C4CCCC4)CC3)cc12. The molecule has 1 saturated carbocycles. The van der Waals surface area contributed by atoms with Crippen molar-refractivity contribution in [2.24, 2.45) is 0 Å². The molecule has 1 aromatic carbocycles. The van der Waals surface area contributed by atoms with E-state index in [9.17, 15) is 15.0 Å². The molecule has 1 saturated heterocycles. The van der Waals surface area contributed by atoms with E-state index in [1.807, 2.05) is 6.07 Å². The fourth-order valence-electron chi connectivity index (χ4n) is 4.38. The Morgan fingerprint density at radius 2 is 1.88 bits per heavy atom. The van der Waals surface area contributed by atoms with E-state index in [0.717, 1.165) is 44.3 Å². The highest BCUT2D eigenvalue weighted by Crippen LogP contribution is 2.30. The predicted octanol–water partition coefficient (Wildman–Crippen LogP) is 3.09. The van der Waals surface area contributed by atoms with E-state index in [0.29, 0.717) is 10.9 Å². The molecule has 2 aromatic rings. The van der Waals surface area contributed by atoms with Gasteiger partial charge in [-0.15, -0.1) is 0 Å². The lowest BCUT2D eigenvalue weighted by Crippen LogP contribution is -2.36. The number of aromatic nitrogens is 1. The monoisotopic (exact) mass is 355 g/mol. The zero-order valence-electron chi connectivity index (χ0n) is 14.9. The van der Waals surface area contributed by atoms with E-state index in [1.165, 1.54) is 37.8 Å². The molecular weight excluding hydrogens is 330 g/mol. The molecule has 6 heteroatoms. The number of carboxylic acid groups (broad SMARTS) is 1. The number of anilines is 1. The second-order valence-corrected chi connectivity index (χ2v) is 7.34. The van der Waals surface area contributed by atoms with Gasteiger partial charge in [-0.3, -0.25) is 9.88 Å². The quantitative estimate of drug-likeness (QED) is 0.881. The summed E-state index contributed by atoms with van der Waals surface area (Å²) in [6.45, 7) is 4.03. The Hall–Kier alpha value is -2.34. The normalized spacial score (nSPS) is 19.8. The molecule has 0 bridgehead atoms. The second-order valence-electron chi connectivity index (χ2n) is 7.34. The van der Waals surface area contributed by atoms with Crippen LogP contribution in [-0.4, -0.2) is 58.3 Å². The van der Waals surface area contributed by atoms with E-state index in [2.05, 4.69) is 14.8 Å². The molecule has 26 heavy (non-hydrogen) atoms. The first-order chi connectivity index (χ1) is 12.6. The van der Waals surface area contributed by atoms with Crippen LogP contribution in [0.1, 0.15) is 42.5 Å². The Balaban J connectivity index is 1.60. The summed E-state index contributed by atoms with van der Waals surface area (Å²) in [6.07, 6.45) is 8.18. The maximum absolute atomic E-state index is 11.5. The number of carbonyl (C=O) groups is 1. The molecule has 1 aliphatic heterocycles. The number of hydrogen-bond acceptors (Lipinski definition) is 5. The number of nitrogens with zero attached hydrogens (tertiary/aromatic N) is 3. The van der Waals surface area contributed by atoms with Crippen LogP contribution in [0.5, 0.6) is 5.75 Å². The van der Waals surface area contributed by atoms with Crippen molar-refractivity contribution >= 4 is 22.6 Å². The number of aromatic hydroxyl groups is 1. The van der Waals surface area contributed by atoms with Crippen molar-refractivity contribution in [1.29, 1.82) is 0 Å². The van der Waals surface area contributed by atoms with Gasteiger partial charge in [-0.05, 0) is 37.5 Å². The standard InChI is InChI=1S/C20H25N3O3/c24-18-7-6-16(20(25)26)17-12-15(13-21-19(17)18)23-9-3-8-22(10-11-23)14-4-1-2-5-14/h6-7,12-14,24H,1-5,8-11H2,(H,25,26). The Labute approximate surface area is 153 Å². The van der Waals surface area contributed by atoms with E-state index in [4.69, 9.17) is 0 Å². The highest BCUT2D eigenvalue weighted by molar-refractivity contribution is 6.05. The number of fused-ring (bicyclic) bond motifs is 1. The van der Waals surface area contributed by atoms with Crippen molar-refractivity contribution in [3.05, 3.63) is 30.0 Å².